The highest BCUT2D eigenvalue weighted by molar-refractivity contribution is 5.36. The number of nitro benzene ring substituents is 1. The van der Waals surface area contributed by atoms with Crippen molar-refractivity contribution < 1.29 is 14.1 Å². The van der Waals surface area contributed by atoms with Crippen molar-refractivity contribution in [2.24, 2.45) is 0 Å². The SMILES string of the molecule is Cc1cc(C)cc(OCc2ccc([N+](=O)[O-])c(F)c2)c1. The van der Waals surface area contributed by atoms with Crippen molar-refractivity contribution in [3.63, 3.8) is 0 Å². The molecule has 2 aromatic carbocycles. The third-order valence-corrected chi connectivity index (χ3v) is 2.81. The molecular formula is C15H14FNO3. The fourth-order valence-corrected chi connectivity index (χ4v) is 1.97. The Kier molecular flexibility index (Phi) is 3.98. The molecule has 0 amide bonds. The Bertz CT molecular complexity index is 635. The number of nitro groups is 1. The molecule has 0 atom stereocenters. The van der Waals surface area contributed by atoms with E-state index in [0.717, 1.165) is 23.3 Å². The second-order valence-corrected chi connectivity index (χ2v) is 4.65. The highest BCUT2D eigenvalue weighted by atomic mass is 19.1. The molecule has 0 unspecified atom stereocenters. The maximum Gasteiger partial charge on any atom is 0.304 e. The summed E-state index contributed by atoms with van der Waals surface area (Å²) >= 11 is 0. The molecule has 0 aliphatic heterocycles. The van der Waals surface area contributed by atoms with Gasteiger partial charge in [-0.05, 0) is 54.8 Å². The summed E-state index contributed by atoms with van der Waals surface area (Å²) in [6.07, 6.45) is 0. The van der Waals surface area contributed by atoms with Gasteiger partial charge in [-0.3, -0.25) is 10.1 Å². The second-order valence-electron chi connectivity index (χ2n) is 4.65. The molecular weight excluding hydrogens is 261 g/mol. The topological polar surface area (TPSA) is 52.4 Å². The minimum absolute atomic E-state index is 0.164. The van der Waals surface area contributed by atoms with E-state index in [1.807, 2.05) is 32.0 Å². The Labute approximate surface area is 116 Å². The van der Waals surface area contributed by atoms with E-state index in [2.05, 4.69) is 0 Å². The van der Waals surface area contributed by atoms with Crippen LogP contribution in [0.1, 0.15) is 16.7 Å². The summed E-state index contributed by atoms with van der Waals surface area (Å²) in [5.74, 6) is -0.155. The van der Waals surface area contributed by atoms with Gasteiger partial charge in [0.15, 0.2) is 0 Å². The molecule has 0 aliphatic rings. The van der Waals surface area contributed by atoms with Gasteiger partial charge in [-0.2, -0.15) is 4.39 Å². The van der Waals surface area contributed by atoms with Crippen molar-refractivity contribution in [2.75, 3.05) is 0 Å². The van der Waals surface area contributed by atoms with Gasteiger partial charge in [0.25, 0.3) is 0 Å². The molecule has 0 N–H and O–H groups in total. The number of halogens is 1. The van der Waals surface area contributed by atoms with Crippen LogP contribution in [0, 0.1) is 29.8 Å². The monoisotopic (exact) mass is 275 g/mol. The highest BCUT2D eigenvalue weighted by Gasteiger charge is 2.13. The summed E-state index contributed by atoms with van der Waals surface area (Å²) < 4.78 is 19.0. The van der Waals surface area contributed by atoms with E-state index in [1.54, 1.807) is 0 Å². The standard InChI is InChI=1S/C15H14FNO3/c1-10-5-11(2)7-13(6-10)20-9-12-3-4-15(17(18)19)14(16)8-12/h3-8H,9H2,1-2H3. The van der Waals surface area contributed by atoms with Gasteiger partial charge in [0.2, 0.25) is 5.82 Å². The van der Waals surface area contributed by atoms with E-state index in [-0.39, 0.29) is 6.61 Å². The van der Waals surface area contributed by atoms with Crippen LogP contribution in [-0.2, 0) is 6.61 Å². The van der Waals surface area contributed by atoms with Gasteiger partial charge in [-0.25, -0.2) is 0 Å². The van der Waals surface area contributed by atoms with Crippen LogP contribution in [0.2, 0.25) is 0 Å². The van der Waals surface area contributed by atoms with Crippen LogP contribution in [0.4, 0.5) is 10.1 Å². The molecule has 0 saturated heterocycles. The zero-order chi connectivity index (χ0) is 14.7. The molecule has 0 fully saturated rings. The van der Waals surface area contributed by atoms with E-state index in [9.17, 15) is 14.5 Å². The molecule has 2 rings (SSSR count). The van der Waals surface area contributed by atoms with Gasteiger partial charge < -0.3 is 4.74 Å². The maximum absolute atomic E-state index is 13.5. The van der Waals surface area contributed by atoms with Crippen LogP contribution in [0.25, 0.3) is 0 Å². The highest BCUT2D eigenvalue weighted by Crippen LogP contribution is 2.21. The van der Waals surface area contributed by atoms with Crippen LogP contribution in [-0.4, -0.2) is 4.92 Å². The number of hydrogen-bond donors (Lipinski definition) is 0. The number of nitrogens with zero attached hydrogens (tertiary/aromatic N) is 1. The van der Waals surface area contributed by atoms with E-state index in [0.29, 0.717) is 11.3 Å². The first-order chi connectivity index (χ1) is 9.45. The predicted octanol–water partition coefficient (Wildman–Crippen LogP) is 3.93. The fourth-order valence-electron chi connectivity index (χ4n) is 1.97. The largest absolute Gasteiger partial charge is 0.489 e. The van der Waals surface area contributed by atoms with Crippen molar-refractivity contribution >= 4 is 5.69 Å². The molecule has 0 saturated carbocycles. The molecule has 0 aliphatic carbocycles. The van der Waals surface area contributed by atoms with E-state index < -0.39 is 16.4 Å². The first-order valence-electron chi connectivity index (χ1n) is 6.09. The Morgan fingerprint density at radius 2 is 1.80 bits per heavy atom. The average Bonchev–Trinajstić information content (AvgIpc) is 2.35. The minimum atomic E-state index is -0.850. The molecule has 104 valence electrons. The number of ether oxygens (including phenoxy) is 1. The first-order valence-corrected chi connectivity index (χ1v) is 6.09. The summed E-state index contributed by atoms with van der Waals surface area (Å²) in [6.45, 7) is 4.09. The lowest BCUT2D eigenvalue weighted by Crippen LogP contribution is -1.99. The van der Waals surface area contributed by atoms with Crippen molar-refractivity contribution in [2.45, 2.75) is 20.5 Å². The fraction of sp³-hybridized carbons (Fsp3) is 0.200. The second kappa shape index (κ2) is 5.69. The van der Waals surface area contributed by atoms with Crippen LogP contribution < -0.4 is 4.74 Å². The van der Waals surface area contributed by atoms with E-state index >= 15 is 0 Å². The van der Waals surface area contributed by atoms with Crippen LogP contribution in [0.3, 0.4) is 0 Å². The third-order valence-electron chi connectivity index (χ3n) is 2.81. The summed E-state index contributed by atoms with van der Waals surface area (Å²) in [5.41, 5.74) is 2.18. The van der Waals surface area contributed by atoms with Gasteiger partial charge in [-0.15, -0.1) is 0 Å². The van der Waals surface area contributed by atoms with Gasteiger partial charge >= 0.3 is 5.69 Å². The Hall–Kier alpha value is -2.43. The molecule has 2 aromatic rings. The van der Waals surface area contributed by atoms with Crippen LogP contribution in [0.5, 0.6) is 5.75 Å². The van der Waals surface area contributed by atoms with Gasteiger partial charge in [0, 0.05) is 6.07 Å². The van der Waals surface area contributed by atoms with Crippen molar-refractivity contribution in [1.82, 2.24) is 0 Å². The number of hydrogen-bond acceptors (Lipinski definition) is 3. The normalized spacial score (nSPS) is 10.3. The van der Waals surface area contributed by atoms with Crippen molar-refractivity contribution in [3.8, 4) is 5.75 Å². The minimum Gasteiger partial charge on any atom is -0.489 e. The molecule has 0 radical (unpaired) electrons. The summed E-state index contributed by atoms with van der Waals surface area (Å²) in [7, 11) is 0. The molecule has 4 nitrogen and oxygen atoms in total. The molecule has 5 heteroatoms. The Balaban J connectivity index is 2.11. The lowest BCUT2D eigenvalue weighted by atomic mass is 10.1. The van der Waals surface area contributed by atoms with Crippen molar-refractivity contribution in [1.29, 1.82) is 0 Å². The first kappa shape index (κ1) is 14.0. The summed E-state index contributed by atoms with van der Waals surface area (Å²) in [5, 5.41) is 10.5. The zero-order valence-electron chi connectivity index (χ0n) is 11.2. The molecule has 0 spiro atoms. The zero-order valence-corrected chi connectivity index (χ0v) is 11.2. The van der Waals surface area contributed by atoms with E-state index in [1.165, 1.54) is 6.07 Å². The smallest absolute Gasteiger partial charge is 0.304 e. The summed E-state index contributed by atoms with van der Waals surface area (Å²) in [6, 6.07) is 9.56. The predicted molar refractivity (Wildman–Crippen MR) is 73.3 cm³/mol. The van der Waals surface area contributed by atoms with Gasteiger partial charge in [0.05, 0.1) is 4.92 Å². The van der Waals surface area contributed by atoms with Gasteiger partial charge in [-0.1, -0.05) is 6.07 Å². The van der Waals surface area contributed by atoms with Crippen LogP contribution in [0.15, 0.2) is 36.4 Å². The number of aryl methyl sites for hydroxylation is 2. The Morgan fingerprint density at radius 1 is 1.15 bits per heavy atom. The molecule has 20 heavy (non-hydrogen) atoms. The maximum atomic E-state index is 13.5. The lowest BCUT2D eigenvalue weighted by molar-refractivity contribution is -0.387. The molecule has 0 heterocycles. The number of rotatable bonds is 4. The number of benzene rings is 2. The van der Waals surface area contributed by atoms with Crippen LogP contribution >= 0.6 is 0 Å². The third kappa shape index (κ3) is 3.32. The average molecular weight is 275 g/mol. The summed E-state index contributed by atoms with van der Waals surface area (Å²) in [4.78, 5) is 9.78. The lowest BCUT2D eigenvalue weighted by Gasteiger charge is -2.08. The quantitative estimate of drug-likeness (QED) is 0.627. The van der Waals surface area contributed by atoms with Gasteiger partial charge in [0.1, 0.15) is 12.4 Å². The van der Waals surface area contributed by atoms with Crippen molar-refractivity contribution in [3.05, 3.63) is 69.0 Å². The molecule has 0 bridgehead atoms. The van der Waals surface area contributed by atoms with E-state index in [4.69, 9.17) is 4.74 Å². The Morgan fingerprint density at radius 3 is 2.35 bits per heavy atom. The molecule has 0 aromatic heterocycles.